The number of methoxy groups -OCH3 is 2. The number of carboxylic acid groups (broad SMARTS) is 1. The van der Waals surface area contributed by atoms with E-state index in [1.54, 1.807) is 6.92 Å². The maximum absolute atomic E-state index is 11.5. The van der Waals surface area contributed by atoms with Crippen molar-refractivity contribution in [3.05, 3.63) is 11.1 Å². The maximum atomic E-state index is 11.5. The molecule has 1 aliphatic heterocycles. The van der Waals surface area contributed by atoms with E-state index in [1.165, 1.54) is 14.2 Å². The molecule has 11 heteroatoms. The van der Waals surface area contributed by atoms with E-state index in [2.05, 4.69) is 0 Å². The summed E-state index contributed by atoms with van der Waals surface area (Å²) in [5.41, 5.74) is 1.03. The number of hydrogen-bond donors (Lipinski definition) is 6. The van der Waals surface area contributed by atoms with Crippen molar-refractivity contribution in [2.45, 2.75) is 95.4 Å². The number of unbranched alkanes of at least 4 members (excludes halogenated alkanes) is 7. The number of aliphatic hydroxyl groups is 4. The number of ether oxygens (including phenoxy) is 4. The Bertz CT molecular complexity index is 844. The highest BCUT2D eigenvalue weighted by molar-refractivity contribution is 5.73. The average Bonchev–Trinajstić information content (AvgIpc) is 2.86. The molecule has 1 aliphatic rings. The Labute approximate surface area is 211 Å². The van der Waals surface area contributed by atoms with Crippen LogP contribution in [0.3, 0.4) is 0 Å². The number of aliphatic carboxylic acids is 1. The molecule has 11 nitrogen and oxygen atoms in total. The lowest BCUT2D eigenvalue weighted by molar-refractivity contribution is -0.271. The van der Waals surface area contributed by atoms with Crippen LogP contribution < -0.4 is 14.2 Å². The Hall–Kier alpha value is -2.31. The van der Waals surface area contributed by atoms with Crippen LogP contribution in [-0.2, 0) is 16.0 Å². The standard InChI is InChI=1S/C25H40O11/c1-14-15(12-10-8-6-4-5-7-9-11-13-26)20(23(34-3)21(33-2)16(14)27)35-25-19(30)17(28)18(29)22(36-25)24(31)32/h17-19,22,25-30H,4-13H2,1-3H3,(H,31,32). The molecular formula is C25H40O11. The predicted molar refractivity (Wildman–Crippen MR) is 129 cm³/mol. The summed E-state index contributed by atoms with van der Waals surface area (Å²) in [4.78, 5) is 11.5. The number of carbonyl (C=O) groups is 1. The van der Waals surface area contributed by atoms with Crippen LogP contribution in [0, 0.1) is 6.92 Å². The van der Waals surface area contributed by atoms with E-state index < -0.39 is 36.7 Å². The van der Waals surface area contributed by atoms with Crippen molar-refractivity contribution >= 4 is 5.97 Å². The van der Waals surface area contributed by atoms with Crippen LogP contribution in [0.5, 0.6) is 23.0 Å². The molecule has 1 aromatic carbocycles. The van der Waals surface area contributed by atoms with E-state index >= 15 is 0 Å². The summed E-state index contributed by atoms with van der Waals surface area (Å²) in [5, 5.41) is 59.5. The normalized spacial score (nSPS) is 23.9. The summed E-state index contributed by atoms with van der Waals surface area (Å²) < 4.78 is 21.9. The van der Waals surface area contributed by atoms with Crippen LogP contribution in [0.25, 0.3) is 0 Å². The molecule has 5 atom stereocenters. The molecule has 0 spiro atoms. The maximum Gasteiger partial charge on any atom is 0.335 e. The van der Waals surface area contributed by atoms with Crippen LogP contribution >= 0.6 is 0 Å². The van der Waals surface area contributed by atoms with Crippen molar-refractivity contribution in [1.29, 1.82) is 0 Å². The number of aromatic hydroxyl groups is 1. The Morgan fingerprint density at radius 1 is 0.833 bits per heavy atom. The first-order valence-electron chi connectivity index (χ1n) is 12.4. The second kappa shape index (κ2) is 14.4. The molecule has 0 amide bonds. The summed E-state index contributed by atoms with van der Waals surface area (Å²) in [6.07, 6.45) is -0.596. The van der Waals surface area contributed by atoms with Crippen molar-refractivity contribution in [3.8, 4) is 23.0 Å². The Kier molecular flexibility index (Phi) is 12.0. The quantitative estimate of drug-likeness (QED) is 0.187. The molecule has 0 aromatic heterocycles. The fraction of sp³-hybridized carbons (Fsp3) is 0.720. The number of rotatable bonds is 15. The lowest BCUT2D eigenvalue weighted by Crippen LogP contribution is -2.61. The molecule has 1 fully saturated rings. The highest BCUT2D eigenvalue weighted by Gasteiger charge is 2.48. The SMILES string of the molecule is COc1c(O)c(C)c(CCCCCCCCCCO)c(OC2OC(C(=O)O)C(O)C(O)C2O)c1OC. The number of aliphatic hydroxyl groups excluding tert-OH is 4. The molecule has 2 rings (SSSR count). The number of phenolic OH excluding ortho intramolecular Hbond substituents is 1. The van der Waals surface area contributed by atoms with Crippen LogP contribution in [-0.4, -0.2) is 88.1 Å². The minimum atomic E-state index is -1.85. The monoisotopic (exact) mass is 516 g/mol. The minimum Gasteiger partial charge on any atom is -0.504 e. The van der Waals surface area contributed by atoms with E-state index in [0.29, 0.717) is 17.5 Å². The first-order chi connectivity index (χ1) is 17.2. The number of benzene rings is 1. The molecule has 1 heterocycles. The summed E-state index contributed by atoms with van der Waals surface area (Å²) in [6, 6.07) is 0. The fourth-order valence-electron chi connectivity index (χ4n) is 4.37. The van der Waals surface area contributed by atoms with Crippen molar-refractivity contribution in [2.75, 3.05) is 20.8 Å². The van der Waals surface area contributed by atoms with Crippen LogP contribution in [0.4, 0.5) is 0 Å². The zero-order valence-corrected chi connectivity index (χ0v) is 21.2. The first-order valence-corrected chi connectivity index (χ1v) is 12.4. The van der Waals surface area contributed by atoms with E-state index in [4.69, 9.17) is 24.1 Å². The Balaban J connectivity index is 2.23. The second-order valence-corrected chi connectivity index (χ2v) is 9.00. The lowest BCUT2D eigenvalue weighted by Gasteiger charge is -2.39. The Morgan fingerprint density at radius 2 is 1.39 bits per heavy atom. The third-order valence-corrected chi connectivity index (χ3v) is 6.50. The largest absolute Gasteiger partial charge is 0.504 e. The van der Waals surface area contributed by atoms with E-state index in [0.717, 1.165) is 51.4 Å². The van der Waals surface area contributed by atoms with Gasteiger partial charge in [-0.2, -0.15) is 0 Å². The fourth-order valence-corrected chi connectivity index (χ4v) is 4.37. The van der Waals surface area contributed by atoms with Gasteiger partial charge in [-0.25, -0.2) is 4.79 Å². The van der Waals surface area contributed by atoms with Gasteiger partial charge in [0.15, 0.2) is 17.6 Å². The van der Waals surface area contributed by atoms with Crippen molar-refractivity contribution in [1.82, 2.24) is 0 Å². The van der Waals surface area contributed by atoms with Crippen LogP contribution in [0.2, 0.25) is 0 Å². The molecular weight excluding hydrogens is 476 g/mol. The second-order valence-electron chi connectivity index (χ2n) is 9.00. The molecule has 5 unspecified atom stereocenters. The van der Waals surface area contributed by atoms with Gasteiger partial charge in [0.05, 0.1) is 14.2 Å². The summed E-state index contributed by atoms with van der Waals surface area (Å²) >= 11 is 0. The molecule has 1 aromatic rings. The zero-order valence-electron chi connectivity index (χ0n) is 21.2. The highest BCUT2D eigenvalue weighted by atomic mass is 16.7. The number of hydrogen-bond acceptors (Lipinski definition) is 10. The van der Waals surface area contributed by atoms with Gasteiger partial charge in [0.1, 0.15) is 18.3 Å². The van der Waals surface area contributed by atoms with E-state index in [1.807, 2.05) is 0 Å². The number of phenols is 1. The van der Waals surface area contributed by atoms with Gasteiger partial charge < -0.3 is 49.6 Å². The van der Waals surface area contributed by atoms with Gasteiger partial charge in [0.25, 0.3) is 0 Å². The van der Waals surface area contributed by atoms with Crippen molar-refractivity contribution in [3.63, 3.8) is 0 Å². The Morgan fingerprint density at radius 3 is 1.92 bits per heavy atom. The van der Waals surface area contributed by atoms with Gasteiger partial charge in [-0.05, 0) is 26.2 Å². The van der Waals surface area contributed by atoms with Gasteiger partial charge in [0, 0.05) is 17.7 Å². The molecule has 36 heavy (non-hydrogen) atoms. The van der Waals surface area contributed by atoms with Crippen molar-refractivity contribution in [2.24, 2.45) is 0 Å². The molecule has 0 radical (unpaired) electrons. The van der Waals surface area contributed by atoms with Gasteiger partial charge in [-0.3, -0.25) is 0 Å². The molecule has 206 valence electrons. The lowest BCUT2D eigenvalue weighted by atomic mass is 9.97. The number of carboxylic acids is 1. The summed E-state index contributed by atoms with van der Waals surface area (Å²) in [5.74, 6) is -1.54. The van der Waals surface area contributed by atoms with Crippen LogP contribution in [0.1, 0.15) is 62.5 Å². The van der Waals surface area contributed by atoms with E-state index in [-0.39, 0.29) is 29.6 Å². The molecule has 0 aliphatic carbocycles. The average molecular weight is 517 g/mol. The predicted octanol–water partition coefficient (Wildman–Crippen LogP) is 1.64. The van der Waals surface area contributed by atoms with Gasteiger partial charge in [-0.1, -0.05) is 38.5 Å². The van der Waals surface area contributed by atoms with Gasteiger partial charge in [-0.15, -0.1) is 0 Å². The highest BCUT2D eigenvalue weighted by Crippen LogP contribution is 2.50. The van der Waals surface area contributed by atoms with E-state index in [9.17, 15) is 30.3 Å². The third-order valence-electron chi connectivity index (χ3n) is 6.50. The molecule has 6 N–H and O–H groups in total. The zero-order chi connectivity index (χ0) is 26.8. The molecule has 0 bridgehead atoms. The molecule has 1 saturated heterocycles. The smallest absolute Gasteiger partial charge is 0.335 e. The van der Waals surface area contributed by atoms with Crippen molar-refractivity contribution < 1.29 is 54.4 Å². The first kappa shape index (κ1) is 29.9. The summed E-state index contributed by atoms with van der Waals surface area (Å²) in [6.45, 7) is 1.90. The topological polar surface area (TPSA) is 175 Å². The summed E-state index contributed by atoms with van der Waals surface area (Å²) in [7, 11) is 2.68. The molecule has 0 saturated carbocycles. The minimum absolute atomic E-state index is 0.00250. The van der Waals surface area contributed by atoms with Gasteiger partial charge in [0.2, 0.25) is 17.8 Å². The van der Waals surface area contributed by atoms with Crippen LogP contribution in [0.15, 0.2) is 0 Å². The van der Waals surface area contributed by atoms with Gasteiger partial charge >= 0.3 is 5.97 Å². The third kappa shape index (κ3) is 7.13.